The number of hydrogen-bond acceptors (Lipinski definition) is 6. The van der Waals surface area contributed by atoms with Crippen LogP contribution in [0.1, 0.15) is 11.7 Å². The first-order valence-electron chi connectivity index (χ1n) is 5.44. The van der Waals surface area contributed by atoms with E-state index in [1.807, 2.05) is 5.32 Å². The van der Waals surface area contributed by atoms with Crippen molar-refractivity contribution in [3.05, 3.63) is 39.9 Å². The number of carboxylic acids is 1. The van der Waals surface area contributed by atoms with E-state index in [-0.39, 0.29) is 11.3 Å². The van der Waals surface area contributed by atoms with Crippen LogP contribution in [0.25, 0.3) is 0 Å². The molecule has 0 aromatic heterocycles. The standard InChI is InChI=1S/C11H12N2O7/c14-5-8(12-10(16)11(17)18)9(15)6-1-3-7(4-2-6)13(19)20/h1-4,8-9,14-15H,5H2,(H,12,16)(H,17,18). The van der Waals surface area contributed by atoms with Crippen molar-refractivity contribution in [1.82, 2.24) is 5.32 Å². The SMILES string of the molecule is O=C(O)C(=O)NC(CO)C(O)c1ccc([N+](=O)[O-])cc1. The van der Waals surface area contributed by atoms with E-state index < -0.39 is 35.6 Å². The third kappa shape index (κ3) is 3.73. The van der Waals surface area contributed by atoms with Gasteiger partial charge >= 0.3 is 11.9 Å². The van der Waals surface area contributed by atoms with Crippen LogP contribution < -0.4 is 5.32 Å². The van der Waals surface area contributed by atoms with Crippen molar-refractivity contribution in [1.29, 1.82) is 0 Å². The normalized spacial score (nSPS) is 13.3. The molecule has 1 aromatic rings. The van der Waals surface area contributed by atoms with Gasteiger partial charge in [-0.1, -0.05) is 0 Å². The molecule has 1 amide bonds. The van der Waals surface area contributed by atoms with Gasteiger partial charge in [-0.05, 0) is 17.7 Å². The number of carbonyl (C=O) groups is 2. The van der Waals surface area contributed by atoms with Crippen LogP contribution in [0.2, 0.25) is 0 Å². The second-order valence-electron chi connectivity index (χ2n) is 3.86. The monoisotopic (exact) mass is 284 g/mol. The summed E-state index contributed by atoms with van der Waals surface area (Å²) in [6.45, 7) is -0.697. The zero-order chi connectivity index (χ0) is 15.3. The molecular weight excluding hydrogens is 272 g/mol. The molecule has 0 saturated carbocycles. The van der Waals surface area contributed by atoms with Gasteiger partial charge in [-0.2, -0.15) is 0 Å². The molecule has 2 atom stereocenters. The molecule has 0 fully saturated rings. The van der Waals surface area contributed by atoms with Crippen LogP contribution in [-0.4, -0.2) is 44.8 Å². The lowest BCUT2D eigenvalue weighted by Crippen LogP contribution is -2.44. The smallest absolute Gasteiger partial charge is 0.394 e. The van der Waals surface area contributed by atoms with E-state index in [1.54, 1.807) is 0 Å². The summed E-state index contributed by atoms with van der Waals surface area (Å²) < 4.78 is 0. The Bertz CT molecular complexity index is 514. The number of rotatable bonds is 5. The highest BCUT2D eigenvalue weighted by Gasteiger charge is 2.25. The summed E-state index contributed by atoms with van der Waals surface area (Å²) in [5, 5.41) is 39.8. The van der Waals surface area contributed by atoms with E-state index >= 15 is 0 Å². The van der Waals surface area contributed by atoms with E-state index in [0.717, 1.165) is 12.1 Å². The number of hydrogen-bond donors (Lipinski definition) is 4. The lowest BCUT2D eigenvalue weighted by molar-refractivity contribution is -0.384. The lowest BCUT2D eigenvalue weighted by Gasteiger charge is -2.21. The topological polar surface area (TPSA) is 150 Å². The van der Waals surface area contributed by atoms with Crippen LogP contribution >= 0.6 is 0 Å². The maximum Gasteiger partial charge on any atom is 0.394 e. The molecule has 108 valence electrons. The highest BCUT2D eigenvalue weighted by Crippen LogP contribution is 2.20. The molecule has 0 saturated heterocycles. The molecule has 0 aliphatic heterocycles. The molecule has 0 heterocycles. The molecule has 9 nitrogen and oxygen atoms in total. The molecule has 0 aliphatic carbocycles. The van der Waals surface area contributed by atoms with Crippen molar-refractivity contribution < 1.29 is 29.8 Å². The van der Waals surface area contributed by atoms with Crippen molar-refractivity contribution in [2.75, 3.05) is 6.61 Å². The molecular formula is C11H12N2O7. The number of carbonyl (C=O) groups excluding carboxylic acids is 1. The summed E-state index contributed by atoms with van der Waals surface area (Å²) in [5.41, 5.74) is 0.0106. The number of benzene rings is 1. The van der Waals surface area contributed by atoms with Gasteiger partial charge in [0.15, 0.2) is 0 Å². The van der Waals surface area contributed by atoms with Gasteiger partial charge in [-0.15, -0.1) is 0 Å². The highest BCUT2D eigenvalue weighted by atomic mass is 16.6. The Labute approximate surface area is 112 Å². The van der Waals surface area contributed by atoms with Crippen molar-refractivity contribution in [3.63, 3.8) is 0 Å². The minimum atomic E-state index is -1.75. The molecule has 1 aromatic carbocycles. The third-order valence-electron chi connectivity index (χ3n) is 2.53. The molecule has 9 heteroatoms. The second kappa shape index (κ2) is 6.59. The first-order valence-corrected chi connectivity index (χ1v) is 5.44. The van der Waals surface area contributed by atoms with E-state index in [1.165, 1.54) is 12.1 Å². The Balaban J connectivity index is 2.85. The van der Waals surface area contributed by atoms with Gasteiger partial charge in [0.25, 0.3) is 5.69 Å². The van der Waals surface area contributed by atoms with E-state index in [2.05, 4.69) is 0 Å². The maximum absolute atomic E-state index is 11.0. The number of aliphatic carboxylic acids is 1. The average molecular weight is 284 g/mol. The highest BCUT2D eigenvalue weighted by molar-refractivity contribution is 6.31. The molecule has 0 radical (unpaired) electrons. The number of amides is 1. The predicted octanol–water partition coefficient (Wildman–Crippen LogP) is -0.810. The van der Waals surface area contributed by atoms with Crippen LogP contribution in [0.5, 0.6) is 0 Å². The number of aliphatic hydroxyl groups excluding tert-OH is 2. The van der Waals surface area contributed by atoms with Crippen LogP contribution in [-0.2, 0) is 9.59 Å². The van der Waals surface area contributed by atoms with Crippen LogP contribution in [0.3, 0.4) is 0 Å². The summed E-state index contributed by atoms with van der Waals surface area (Å²) >= 11 is 0. The number of non-ortho nitro benzene ring substituents is 1. The van der Waals surface area contributed by atoms with Gasteiger partial charge < -0.3 is 20.6 Å². The summed E-state index contributed by atoms with van der Waals surface area (Å²) in [5.74, 6) is -3.12. The van der Waals surface area contributed by atoms with E-state index in [0.29, 0.717) is 0 Å². The van der Waals surface area contributed by atoms with Crippen LogP contribution in [0.4, 0.5) is 5.69 Å². The minimum Gasteiger partial charge on any atom is -0.474 e. The van der Waals surface area contributed by atoms with E-state index in [9.17, 15) is 24.8 Å². The van der Waals surface area contributed by atoms with Crippen LogP contribution in [0.15, 0.2) is 24.3 Å². The number of carboxylic acid groups (broad SMARTS) is 1. The van der Waals surface area contributed by atoms with Crippen molar-refractivity contribution in [2.24, 2.45) is 0 Å². The average Bonchev–Trinajstić information content (AvgIpc) is 2.43. The first kappa shape index (κ1) is 15.5. The molecule has 0 aliphatic rings. The van der Waals surface area contributed by atoms with Crippen LogP contribution in [0, 0.1) is 10.1 Å². The fourth-order valence-electron chi connectivity index (χ4n) is 1.48. The zero-order valence-corrected chi connectivity index (χ0v) is 10.1. The number of nitrogens with zero attached hydrogens (tertiary/aromatic N) is 1. The molecule has 2 unspecified atom stereocenters. The predicted molar refractivity (Wildman–Crippen MR) is 64.7 cm³/mol. The summed E-state index contributed by atoms with van der Waals surface area (Å²) in [7, 11) is 0. The summed E-state index contributed by atoms with van der Waals surface area (Å²) in [4.78, 5) is 31.2. The van der Waals surface area contributed by atoms with Gasteiger partial charge in [-0.25, -0.2) is 4.79 Å². The Morgan fingerprint density at radius 2 is 1.85 bits per heavy atom. The zero-order valence-electron chi connectivity index (χ0n) is 10.1. The maximum atomic E-state index is 11.0. The molecule has 20 heavy (non-hydrogen) atoms. The second-order valence-corrected chi connectivity index (χ2v) is 3.86. The Hall–Kier alpha value is -2.52. The minimum absolute atomic E-state index is 0.184. The fourth-order valence-corrected chi connectivity index (χ4v) is 1.48. The largest absolute Gasteiger partial charge is 0.474 e. The molecule has 0 spiro atoms. The fraction of sp³-hybridized carbons (Fsp3) is 0.273. The van der Waals surface area contributed by atoms with Crippen molar-refractivity contribution in [3.8, 4) is 0 Å². The number of nitrogens with one attached hydrogen (secondary N) is 1. The summed E-state index contributed by atoms with van der Waals surface area (Å²) in [6, 6.07) is 3.55. The summed E-state index contributed by atoms with van der Waals surface area (Å²) in [6.07, 6.45) is -1.40. The van der Waals surface area contributed by atoms with E-state index in [4.69, 9.17) is 10.2 Å². The third-order valence-corrected chi connectivity index (χ3v) is 2.53. The number of aliphatic hydroxyl groups is 2. The Morgan fingerprint density at radius 3 is 2.25 bits per heavy atom. The first-order chi connectivity index (χ1) is 9.36. The van der Waals surface area contributed by atoms with Crippen molar-refractivity contribution in [2.45, 2.75) is 12.1 Å². The van der Waals surface area contributed by atoms with Gasteiger partial charge in [0, 0.05) is 12.1 Å². The van der Waals surface area contributed by atoms with Gasteiger partial charge in [0.05, 0.1) is 17.6 Å². The lowest BCUT2D eigenvalue weighted by atomic mass is 10.0. The van der Waals surface area contributed by atoms with Crippen molar-refractivity contribution >= 4 is 17.6 Å². The Kier molecular flexibility index (Phi) is 5.12. The quantitative estimate of drug-likeness (QED) is 0.313. The molecule has 0 bridgehead atoms. The number of nitro benzene ring substituents is 1. The Morgan fingerprint density at radius 1 is 1.30 bits per heavy atom. The number of nitro groups is 1. The van der Waals surface area contributed by atoms with Gasteiger partial charge in [0.2, 0.25) is 0 Å². The molecule has 1 rings (SSSR count). The molecule has 4 N–H and O–H groups in total. The van der Waals surface area contributed by atoms with Gasteiger partial charge in [-0.3, -0.25) is 14.9 Å². The van der Waals surface area contributed by atoms with Gasteiger partial charge in [0.1, 0.15) is 6.10 Å².